The van der Waals surface area contributed by atoms with Gasteiger partial charge in [-0.15, -0.1) is 0 Å². The Morgan fingerprint density at radius 3 is 2.32 bits per heavy atom. The van der Waals surface area contributed by atoms with E-state index in [0.717, 1.165) is 0 Å². The van der Waals surface area contributed by atoms with Gasteiger partial charge in [-0.2, -0.15) is 0 Å². The van der Waals surface area contributed by atoms with Crippen LogP contribution in [0.2, 0.25) is 0 Å². The molecule has 1 heterocycles. The molecule has 3 rings (SSSR count). The van der Waals surface area contributed by atoms with Crippen molar-refractivity contribution in [1.29, 1.82) is 0 Å². The third-order valence-electron chi connectivity index (χ3n) is 3.04. The van der Waals surface area contributed by atoms with Crippen molar-refractivity contribution in [3.8, 4) is 5.75 Å². The molecule has 0 saturated heterocycles. The quantitative estimate of drug-likeness (QED) is 0.656. The zero-order chi connectivity index (χ0) is 13.5. The summed E-state index contributed by atoms with van der Waals surface area (Å²) in [4.78, 5) is 24.4. The normalized spacial score (nSPS) is 20.8. The Morgan fingerprint density at radius 1 is 1.00 bits per heavy atom. The lowest BCUT2D eigenvalue weighted by molar-refractivity contribution is -0.0618. The smallest absolute Gasteiger partial charge is 0.338 e. The van der Waals surface area contributed by atoms with Gasteiger partial charge < -0.3 is 9.84 Å². The molecule has 1 aliphatic rings. The summed E-state index contributed by atoms with van der Waals surface area (Å²) in [6.45, 7) is 0. The number of Topliss-reactive ketones (excluding diaryl/α,β-unsaturated/α-hetero) is 2. The second kappa shape index (κ2) is 4.03. The minimum atomic E-state index is -2.45. The second-order valence-corrected chi connectivity index (χ2v) is 4.27. The molecule has 0 aromatic heterocycles. The van der Waals surface area contributed by atoms with Gasteiger partial charge in [-0.05, 0) is 12.1 Å². The van der Waals surface area contributed by atoms with Gasteiger partial charge in [0.1, 0.15) is 5.75 Å². The molecule has 0 spiro atoms. The minimum absolute atomic E-state index is 0.217. The Bertz CT molecular complexity index is 663. The maximum Gasteiger partial charge on any atom is 0.338 e. The van der Waals surface area contributed by atoms with Crippen molar-refractivity contribution in [2.24, 2.45) is 0 Å². The van der Waals surface area contributed by atoms with Crippen molar-refractivity contribution in [2.75, 3.05) is 0 Å². The summed E-state index contributed by atoms with van der Waals surface area (Å²) in [6.07, 6.45) is 0. The standard InChI is InChI=1S/C15H10O4/c16-13(10-6-2-1-3-7-10)15(18)14(17)11-8-4-5-9-12(11)19-15/h1-9,18H/t15-/m0/s1. The molecule has 2 aromatic rings. The van der Waals surface area contributed by atoms with Gasteiger partial charge in [0, 0.05) is 5.56 Å². The molecule has 0 saturated carbocycles. The van der Waals surface area contributed by atoms with Gasteiger partial charge in [0.05, 0.1) is 5.56 Å². The number of hydrogen-bond acceptors (Lipinski definition) is 4. The molecular weight excluding hydrogens is 244 g/mol. The molecule has 94 valence electrons. The zero-order valence-electron chi connectivity index (χ0n) is 9.87. The third kappa shape index (κ3) is 1.65. The van der Waals surface area contributed by atoms with Gasteiger partial charge in [0.2, 0.25) is 11.6 Å². The Balaban J connectivity index is 2.03. The summed E-state index contributed by atoms with van der Waals surface area (Å²) < 4.78 is 5.18. The molecule has 2 aromatic carbocycles. The van der Waals surface area contributed by atoms with E-state index in [2.05, 4.69) is 0 Å². The highest BCUT2D eigenvalue weighted by Gasteiger charge is 2.53. The molecule has 0 radical (unpaired) electrons. The van der Waals surface area contributed by atoms with E-state index in [1.54, 1.807) is 36.4 Å². The van der Waals surface area contributed by atoms with Gasteiger partial charge >= 0.3 is 5.79 Å². The fourth-order valence-corrected chi connectivity index (χ4v) is 2.07. The van der Waals surface area contributed by atoms with Gasteiger partial charge in [-0.25, -0.2) is 0 Å². The second-order valence-electron chi connectivity index (χ2n) is 4.27. The van der Waals surface area contributed by atoms with Crippen LogP contribution in [0.5, 0.6) is 5.75 Å². The molecule has 1 aliphatic heterocycles. The molecule has 19 heavy (non-hydrogen) atoms. The first-order chi connectivity index (χ1) is 9.13. The van der Waals surface area contributed by atoms with Crippen LogP contribution in [0.1, 0.15) is 20.7 Å². The maximum atomic E-state index is 12.3. The number of benzene rings is 2. The van der Waals surface area contributed by atoms with Crippen molar-refractivity contribution in [1.82, 2.24) is 0 Å². The lowest BCUT2D eigenvalue weighted by atomic mass is 9.97. The van der Waals surface area contributed by atoms with Crippen LogP contribution in [-0.2, 0) is 0 Å². The van der Waals surface area contributed by atoms with Crippen molar-refractivity contribution < 1.29 is 19.4 Å². The van der Waals surface area contributed by atoms with E-state index in [1.807, 2.05) is 0 Å². The molecule has 1 N–H and O–H groups in total. The van der Waals surface area contributed by atoms with Gasteiger partial charge in [-0.3, -0.25) is 9.59 Å². The molecule has 0 fully saturated rings. The van der Waals surface area contributed by atoms with Gasteiger partial charge in [-0.1, -0.05) is 42.5 Å². The maximum absolute atomic E-state index is 12.3. The summed E-state index contributed by atoms with van der Waals surface area (Å²) >= 11 is 0. The average molecular weight is 254 g/mol. The van der Waals surface area contributed by atoms with E-state index >= 15 is 0 Å². The molecule has 1 atom stereocenters. The van der Waals surface area contributed by atoms with E-state index < -0.39 is 17.4 Å². The fourth-order valence-electron chi connectivity index (χ4n) is 2.07. The number of aliphatic hydroxyl groups is 1. The molecule has 0 bridgehead atoms. The summed E-state index contributed by atoms with van der Waals surface area (Å²) in [6, 6.07) is 14.5. The van der Waals surface area contributed by atoms with Crippen LogP contribution in [0.25, 0.3) is 0 Å². The number of rotatable bonds is 2. The monoisotopic (exact) mass is 254 g/mol. The van der Waals surface area contributed by atoms with Crippen molar-refractivity contribution in [3.05, 3.63) is 65.7 Å². The topological polar surface area (TPSA) is 63.6 Å². The summed E-state index contributed by atoms with van der Waals surface area (Å²) in [5, 5.41) is 10.3. The highest BCUT2D eigenvalue weighted by Crippen LogP contribution is 2.35. The molecule has 0 unspecified atom stereocenters. The number of carbonyl (C=O) groups excluding carboxylic acids is 2. The van der Waals surface area contributed by atoms with Crippen molar-refractivity contribution in [3.63, 3.8) is 0 Å². The third-order valence-corrected chi connectivity index (χ3v) is 3.04. The van der Waals surface area contributed by atoms with E-state index in [1.165, 1.54) is 18.2 Å². The Labute approximate surface area is 109 Å². The van der Waals surface area contributed by atoms with E-state index in [0.29, 0.717) is 0 Å². The summed E-state index contributed by atoms with van der Waals surface area (Å²) in [5.74, 6) is -3.71. The Kier molecular flexibility index (Phi) is 2.47. The van der Waals surface area contributed by atoms with Crippen LogP contribution in [0.3, 0.4) is 0 Å². The highest BCUT2D eigenvalue weighted by molar-refractivity contribution is 6.23. The lowest BCUT2D eigenvalue weighted by Crippen LogP contribution is -2.48. The van der Waals surface area contributed by atoms with E-state index in [9.17, 15) is 14.7 Å². The molecule has 0 aliphatic carbocycles. The first-order valence-corrected chi connectivity index (χ1v) is 5.78. The number of carbonyl (C=O) groups is 2. The predicted octanol–water partition coefficient (Wildman–Crippen LogP) is 1.83. The largest absolute Gasteiger partial charge is 0.447 e. The molecule has 4 heteroatoms. The SMILES string of the molecule is O=C(c1ccccc1)[C@]1(O)Oc2ccccc2C1=O. The zero-order valence-corrected chi connectivity index (χ0v) is 9.87. The van der Waals surface area contributed by atoms with E-state index in [4.69, 9.17) is 4.74 Å². The Morgan fingerprint density at radius 2 is 1.63 bits per heavy atom. The van der Waals surface area contributed by atoms with Crippen molar-refractivity contribution >= 4 is 11.6 Å². The van der Waals surface area contributed by atoms with Crippen molar-refractivity contribution in [2.45, 2.75) is 5.79 Å². The summed E-state index contributed by atoms with van der Waals surface area (Å²) in [5.41, 5.74) is 0.445. The van der Waals surface area contributed by atoms with Crippen LogP contribution in [0, 0.1) is 0 Å². The first kappa shape index (κ1) is 11.6. The molecule has 0 amide bonds. The number of fused-ring (bicyclic) bond motifs is 1. The Hall–Kier alpha value is -2.46. The summed E-state index contributed by atoms with van der Waals surface area (Å²) in [7, 11) is 0. The first-order valence-electron chi connectivity index (χ1n) is 5.78. The lowest BCUT2D eigenvalue weighted by Gasteiger charge is -2.18. The number of ketones is 2. The molecular formula is C15H10O4. The van der Waals surface area contributed by atoms with Crippen LogP contribution >= 0.6 is 0 Å². The highest BCUT2D eigenvalue weighted by atomic mass is 16.6. The number of para-hydroxylation sites is 1. The number of ether oxygens (including phenoxy) is 1. The van der Waals surface area contributed by atoms with Gasteiger partial charge in [0.15, 0.2) is 0 Å². The minimum Gasteiger partial charge on any atom is -0.447 e. The predicted molar refractivity (Wildman–Crippen MR) is 67.1 cm³/mol. The van der Waals surface area contributed by atoms with Crippen LogP contribution < -0.4 is 4.74 Å². The van der Waals surface area contributed by atoms with Crippen LogP contribution in [-0.4, -0.2) is 22.5 Å². The van der Waals surface area contributed by atoms with Crippen LogP contribution in [0.4, 0.5) is 0 Å². The molecule has 4 nitrogen and oxygen atoms in total. The average Bonchev–Trinajstić information content (AvgIpc) is 2.72. The van der Waals surface area contributed by atoms with Gasteiger partial charge in [0.25, 0.3) is 0 Å². The fraction of sp³-hybridized carbons (Fsp3) is 0.0667. The van der Waals surface area contributed by atoms with Crippen LogP contribution in [0.15, 0.2) is 54.6 Å². The van der Waals surface area contributed by atoms with E-state index in [-0.39, 0.29) is 16.9 Å². The number of hydrogen-bond donors (Lipinski definition) is 1.